The van der Waals surface area contributed by atoms with Gasteiger partial charge in [0.15, 0.2) is 6.29 Å². The van der Waals surface area contributed by atoms with Gasteiger partial charge in [-0.2, -0.15) is 0 Å². The van der Waals surface area contributed by atoms with Gasteiger partial charge in [-0.1, -0.05) is 23.7 Å². The first kappa shape index (κ1) is 14.4. The number of aromatic nitrogens is 1. The number of hydrogen-bond acceptors (Lipinski definition) is 2. The van der Waals surface area contributed by atoms with Crippen LogP contribution in [0.15, 0.2) is 30.5 Å². The van der Waals surface area contributed by atoms with Crippen LogP contribution in [-0.2, 0) is 16.0 Å². The zero-order valence-corrected chi connectivity index (χ0v) is 12.2. The summed E-state index contributed by atoms with van der Waals surface area (Å²) in [6, 6.07) is 8.04. The summed E-state index contributed by atoms with van der Waals surface area (Å²) < 4.78 is 13.3. The summed E-state index contributed by atoms with van der Waals surface area (Å²) in [5, 5.41) is 1.95. The van der Waals surface area contributed by atoms with Gasteiger partial charge >= 0.3 is 0 Å². The van der Waals surface area contributed by atoms with Crippen molar-refractivity contribution >= 4 is 22.5 Å². The minimum atomic E-state index is -0.144. The third kappa shape index (κ3) is 3.50. The number of halogens is 1. The average Bonchev–Trinajstić information content (AvgIpc) is 2.81. The molecule has 0 bridgehead atoms. The Hall–Kier alpha value is -1.03. The maximum atomic E-state index is 6.26. The second kappa shape index (κ2) is 6.94. The van der Waals surface area contributed by atoms with Gasteiger partial charge in [-0.25, -0.2) is 0 Å². The van der Waals surface area contributed by atoms with E-state index < -0.39 is 0 Å². The Balaban J connectivity index is 2.08. The molecule has 0 saturated carbocycles. The predicted molar refractivity (Wildman–Crippen MR) is 78.6 cm³/mol. The quantitative estimate of drug-likeness (QED) is 0.714. The summed E-state index contributed by atoms with van der Waals surface area (Å²) in [5.41, 5.74) is 1.08. The van der Waals surface area contributed by atoms with Crippen molar-refractivity contribution in [2.75, 3.05) is 13.2 Å². The molecule has 1 aromatic carbocycles. The van der Waals surface area contributed by atoms with Gasteiger partial charge in [0.2, 0.25) is 0 Å². The third-order valence-electron chi connectivity index (χ3n) is 3.05. The lowest BCUT2D eigenvalue weighted by Crippen LogP contribution is -2.19. The SMILES string of the molecule is CCOC(CCn1ccc2cccc(Cl)c21)OCC. The normalized spacial score (nSPS) is 11.6. The zero-order chi connectivity index (χ0) is 13.7. The fourth-order valence-corrected chi connectivity index (χ4v) is 2.52. The van der Waals surface area contributed by atoms with Gasteiger partial charge in [-0.15, -0.1) is 0 Å². The van der Waals surface area contributed by atoms with Crippen molar-refractivity contribution < 1.29 is 9.47 Å². The molecule has 0 N–H and O–H groups in total. The highest BCUT2D eigenvalue weighted by Gasteiger charge is 2.10. The van der Waals surface area contributed by atoms with E-state index in [2.05, 4.69) is 22.9 Å². The maximum Gasteiger partial charge on any atom is 0.159 e. The molecule has 0 atom stereocenters. The molecular weight excluding hydrogens is 262 g/mol. The van der Waals surface area contributed by atoms with Crippen molar-refractivity contribution in [3.05, 3.63) is 35.5 Å². The molecule has 1 aromatic heterocycles. The highest BCUT2D eigenvalue weighted by molar-refractivity contribution is 6.35. The molecule has 4 heteroatoms. The number of hydrogen-bond donors (Lipinski definition) is 0. The second-order valence-corrected chi connectivity index (χ2v) is 4.72. The van der Waals surface area contributed by atoms with E-state index in [9.17, 15) is 0 Å². The molecule has 0 aliphatic heterocycles. The molecule has 0 radical (unpaired) electrons. The van der Waals surface area contributed by atoms with Crippen molar-refractivity contribution in [1.29, 1.82) is 0 Å². The van der Waals surface area contributed by atoms with E-state index in [-0.39, 0.29) is 6.29 Å². The molecule has 1 heterocycles. The van der Waals surface area contributed by atoms with Gasteiger partial charge < -0.3 is 14.0 Å². The Labute approximate surface area is 119 Å². The Morgan fingerprint density at radius 2 is 1.89 bits per heavy atom. The molecule has 2 rings (SSSR count). The van der Waals surface area contributed by atoms with Crippen molar-refractivity contribution in [2.24, 2.45) is 0 Å². The van der Waals surface area contributed by atoms with E-state index in [1.54, 1.807) is 0 Å². The second-order valence-electron chi connectivity index (χ2n) is 4.32. The van der Waals surface area contributed by atoms with Crippen molar-refractivity contribution in [1.82, 2.24) is 4.57 Å². The summed E-state index contributed by atoms with van der Waals surface area (Å²) in [7, 11) is 0. The number of ether oxygens (including phenoxy) is 2. The summed E-state index contributed by atoms with van der Waals surface area (Å²) in [4.78, 5) is 0. The first-order chi connectivity index (χ1) is 9.26. The van der Waals surface area contributed by atoms with Crippen molar-refractivity contribution in [2.45, 2.75) is 33.1 Å². The summed E-state index contributed by atoms with van der Waals surface area (Å²) in [6.07, 6.45) is 2.73. The van der Waals surface area contributed by atoms with Gasteiger partial charge in [0.25, 0.3) is 0 Å². The summed E-state index contributed by atoms with van der Waals surface area (Å²) >= 11 is 6.26. The van der Waals surface area contributed by atoms with Crippen LogP contribution in [0.2, 0.25) is 5.02 Å². The van der Waals surface area contributed by atoms with Crippen molar-refractivity contribution in [3.8, 4) is 0 Å². The van der Waals surface area contributed by atoms with Gasteiger partial charge in [0.1, 0.15) is 0 Å². The molecule has 2 aromatic rings. The number of fused-ring (bicyclic) bond motifs is 1. The van der Waals surface area contributed by atoms with E-state index in [0.29, 0.717) is 13.2 Å². The molecule has 3 nitrogen and oxygen atoms in total. The number of para-hydroxylation sites is 1. The van der Waals surface area contributed by atoms with E-state index in [4.69, 9.17) is 21.1 Å². The minimum absolute atomic E-state index is 0.144. The first-order valence-corrected chi connectivity index (χ1v) is 7.10. The van der Waals surface area contributed by atoms with Gasteiger partial charge in [0, 0.05) is 37.8 Å². The van der Waals surface area contributed by atoms with E-state index in [1.807, 2.05) is 26.0 Å². The Kier molecular flexibility index (Phi) is 5.25. The zero-order valence-electron chi connectivity index (χ0n) is 11.4. The fraction of sp³-hybridized carbons (Fsp3) is 0.467. The highest BCUT2D eigenvalue weighted by Crippen LogP contribution is 2.24. The maximum absolute atomic E-state index is 6.26. The number of nitrogens with zero attached hydrogens (tertiary/aromatic N) is 1. The molecule has 0 fully saturated rings. The van der Waals surface area contributed by atoms with E-state index >= 15 is 0 Å². The Morgan fingerprint density at radius 3 is 2.58 bits per heavy atom. The molecule has 19 heavy (non-hydrogen) atoms. The van der Waals surface area contributed by atoms with Crippen LogP contribution in [0.5, 0.6) is 0 Å². The lowest BCUT2D eigenvalue weighted by atomic mass is 10.2. The van der Waals surface area contributed by atoms with Crippen LogP contribution < -0.4 is 0 Å². The number of benzene rings is 1. The standard InChI is InChI=1S/C15H20ClNO2/c1-3-18-14(19-4-2)9-11-17-10-8-12-6-5-7-13(16)15(12)17/h5-8,10,14H,3-4,9,11H2,1-2H3. The van der Waals surface area contributed by atoms with Crippen LogP contribution >= 0.6 is 11.6 Å². The van der Waals surface area contributed by atoms with Crippen molar-refractivity contribution in [3.63, 3.8) is 0 Å². The minimum Gasteiger partial charge on any atom is -0.353 e. The van der Waals surface area contributed by atoms with Gasteiger partial charge in [-0.05, 0) is 26.0 Å². The fourth-order valence-electron chi connectivity index (χ4n) is 2.23. The monoisotopic (exact) mass is 281 g/mol. The van der Waals surface area contributed by atoms with Crippen LogP contribution in [0.1, 0.15) is 20.3 Å². The third-order valence-corrected chi connectivity index (χ3v) is 3.36. The topological polar surface area (TPSA) is 23.4 Å². The molecule has 0 aliphatic carbocycles. The van der Waals surface area contributed by atoms with Gasteiger partial charge in [-0.3, -0.25) is 0 Å². The van der Waals surface area contributed by atoms with E-state index in [0.717, 1.165) is 28.9 Å². The Morgan fingerprint density at radius 1 is 1.16 bits per heavy atom. The summed E-state index contributed by atoms with van der Waals surface area (Å²) in [6.45, 7) is 6.12. The van der Waals surface area contributed by atoms with Crippen LogP contribution in [0, 0.1) is 0 Å². The molecule has 0 unspecified atom stereocenters. The molecule has 104 valence electrons. The van der Waals surface area contributed by atoms with E-state index in [1.165, 1.54) is 0 Å². The van der Waals surface area contributed by atoms with Gasteiger partial charge in [0.05, 0.1) is 10.5 Å². The molecule has 0 aliphatic rings. The number of aryl methyl sites for hydroxylation is 1. The number of rotatable bonds is 7. The molecule has 0 spiro atoms. The lowest BCUT2D eigenvalue weighted by Gasteiger charge is -2.17. The molecular formula is C15H20ClNO2. The molecule has 0 amide bonds. The first-order valence-electron chi connectivity index (χ1n) is 6.72. The largest absolute Gasteiger partial charge is 0.353 e. The molecule has 0 saturated heterocycles. The lowest BCUT2D eigenvalue weighted by molar-refractivity contribution is -0.140. The van der Waals surface area contributed by atoms with Crippen LogP contribution in [0.25, 0.3) is 10.9 Å². The highest BCUT2D eigenvalue weighted by atomic mass is 35.5. The smallest absolute Gasteiger partial charge is 0.159 e. The summed E-state index contributed by atoms with van der Waals surface area (Å²) in [5.74, 6) is 0. The Bertz CT molecular complexity index is 518. The van der Waals surface area contributed by atoms with Crippen LogP contribution in [0.4, 0.5) is 0 Å². The van der Waals surface area contributed by atoms with Crippen LogP contribution in [0.3, 0.4) is 0 Å². The van der Waals surface area contributed by atoms with Crippen LogP contribution in [-0.4, -0.2) is 24.1 Å². The average molecular weight is 282 g/mol. The predicted octanol–water partition coefficient (Wildman–Crippen LogP) is 4.08.